The number of amides is 1. The molecule has 0 fully saturated rings. The van der Waals surface area contributed by atoms with Crippen LogP contribution < -0.4 is 10.0 Å². The Hall–Kier alpha value is -2.69. The highest BCUT2D eigenvalue weighted by molar-refractivity contribution is 7.98. The number of hydrogen-bond donors (Lipinski definition) is 2. The summed E-state index contributed by atoms with van der Waals surface area (Å²) in [6.07, 6.45) is 1.65. The molecule has 8 nitrogen and oxygen atoms in total. The number of sulfonamides is 1. The van der Waals surface area contributed by atoms with Gasteiger partial charge in [-0.2, -0.15) is 4.98 Å². The number of carbonyl (C=O) groups is 1. The van der Waals surface area contributed by atoms with Gasteiger partial charge < -0.3 is 9.84 Å². The third-order valence-corrected chi connectivity index (χ3v) is 6.81. The van der Waals surface area contributed by atoms with E-state index in [0.717, 1.165) is 17.7 Å². The van der Waals surface area contributed by atoms with Crippen LogP contribution in [0, 0.1) is 6.92 Å². The van der Waals surface area contributed by atoms with Gasteiger partial charge in [0, 0.05) is 24.1 Å². The van der Waals surface area contributed by atoms with E-state index in [2.05, 4.69) is 20.2 Å². The van der Waals surface area contributed by atoms with Crippen LogP contribution in [0.4, 0.5) is 5.69 Å². The van der Waals surface area contributed by atoms with Gasteiger partial charge in [0.15, 0.2) is 5.82 Å². The molecule has 164 valence electrons. The summed E-state index contributed by atoms with van der Waals surface area (Å²) in [5, 5.41) is 6.65. The topological polar surface area (TPSA) is 114 Å². The summed E-state index contributed by atoms with van der Waals surface area (Å²) in [6, 6.07) is 13.4. The molecule has 1 heterocycles. The highest BCUT2D eigenvalue weighted by Crippen LogP contribution is 2.26. The van der Waals surface area contributed by atoms with Gasteiger partial charge >= 0.3 is 0 Å². The lowest BCUT2D eigenvalue weighted by Crippen LogP contribution is -2.24. The molecule has 1 aromatic heterocycles. The van der Waals surface area contributed by atoms with Crippen molar-refractivity contribution in [1.82, 2.24) is 14.9 Å². The van der Waals surface area contributed by atoms with E-state index in [0.29, 0.717) is 35.3 Å². The molecule has 0 aliphatic carbocycles. The van der Waals surface area contributed by atoms with Crippen LogP contribution in [-0.2, 0) is 15.8 Å². The normalized spacial score (nSPS) is 11.4. The Morgan fingerprint density at radius 3 is 2.71 bits per heavy atom. The first-order valence-electron chi connectivity index (χ1n) is 9.81. The Labute approximate surface area is 185 Å². The Morgan fingerprint density at radius 2 is 1.97 bits per heavy atom. The first-order valence-corrected chi connectivity index (χ1v) is 12.3. The number of anilines is 1. The van der Waals surface area contributed by atoms with E-state index in [-0.39, 0.29) is 10.8 Å². The minimum Gasteiger partial charge on any atom is -0.340 e. The Balaban J connectivity index is 1.72. The maximum absolute atomic E-state index is 12.9. The highest BCUT2D eigenvalue weighted by Gasteiger charge is 2.16. The van der Waals surface area contributed by atoms with E-state index in [4.69, 9.17) is 4.52 Å². The van der Waals surface area contributed by atoms with Crippen LogP contribution in [0.1, 0.15) is 41.8 Å². The number of aryl methyl sites for hydroxylation is 1. The fourth-order valence-corrected chi connectivity index (χ4v) is 4.74. The second-order valence-electron chi connectivity index (χ2n) is 6.75. The average molecular weight is 461 g/mol. The smallest absolute Gasteiger partial charge is 0.256 e. The SMILES string of the molecule is CCCCNS(=O)(=O)c1cccc(NC(=O)c2ccccc2SCc2noc(C)n2)c1. The van der Waals surface area contributed by atoms with Crippen LogP contribution in [0.3, 0.4) is 0 Å². The number of hydrogen-bond acceptors (Lipinski definition) is 7. The van der Waals surface area contributed by atoms with Gasteiger partial charge in [0.1, 0.15) is 0 Å². The molecule has 0 atom stereocenters. The Bertz CT molecular complexity index is 1150. The molecule has 0 spiro atoms. The molecule has 0 saturated carbocycles. The van der Waals surface area contributed by atoms with Crippen molar-refractivity contribution < 1.29 is 17.7 Å². The molecule has 0 unspecified atom stereocenters. The van der Waals surface area contributed by atoms with Crippen LogP contribution in [0.25, 0.3) is 0 Å². The van der Waals surface area contributed by atoms with Crippen LogP contribution in [0.5, 0.6) is 0 Å². The maximum atomic E-state index is 12.9. The number of thioether (sulfide) groups is 1. The zero-order valence-corrected chi connectivity index (χ0v) is 18.9. The van der Waals surface area contributed by atoms with Crippen molar-refractivity contribution in [2.75, 3.05) is 11.9 Å². The van der Waals surface area contributed by atoms with Gasteiger partial charge in [0.05, 0.1) is 16.2 Å². The van der Waals surface area contributed by atoms with Crippen LogP contribution in [-0.4, -0.2) is 31.0 Å². The number of benzene rings is 2. The largest absolute Gasteiger partial charge is 0.340 e. The summed E-state index contributed by atoms with van der Waals surface area (Å²) in [7, 11) is -3.63. The molecule has 10 heteroatoms. The van der Waals surface area contributed by atoms with Gasteiger partial charge in [0.2, 0.25) is 15.9 Å². The molecular formula is C21H24N4O4S2. The fourth-order valence-electron chi connectivity index (χ4n) is 2.73. The predicted molar refractivity (Wildman–Crippen MR) is 120 cm³/mol. The van der Waals surface area contributed by atoms with E-state index in [1.165, 1.54) is 23.9 Å². The number of nitrogens with zero attached hydrogens (tertiary/aromatic N) is 2. The molecule has 1 amide bonds. The molecule has 3 aromatic rings. The first-order chi connectivity index (χ1) is 14.9. The van der Waals surface area contributed by atoms with Crippen LogP contribution in [0.15, 0.2) is 62.8 Å². The molecule has 31 heavy (non-hydrogen) atoms. The second kappa shape index (κ2) is 10.6. The van der Waals surface area contributed by atoms with Gasteiger partial charge in [-0.1, -0.05) is 36.7 Å². The van der Waals surface area contributed by atoms with Crippen molar-refractivity contribution in [3.63, 3.8) is 0 Å². The number of rotatable bonds is 10. The quantitative estimate of drug-likeness (QED) is 0.347. The minimum atomic E-state index is -3.63. The monoisotopic (exact) mass is 460 g/mol. The summed E-state index contributed by atoms with van der Waals surface area (Å²) in [5.74, 6) is 1.16. The molecule has 0 radical (unpaired) electrons. The van der Waals surface area contributed by atoms with E-state index in [1.807, 2.05) is 19.1 Å². The zero-order chi connectivity index (χ0) is 22.3. The minimum absolute atomic E-state index is 0.108. The summed E-state index contributed by atoms with van der Waals surface area (Å²) in [4.78, 5) is 17.9. The number of unbranched alkanes of at least 4 members (excludes halogenated alkanes) is 1. The molecule has 2 aromatic carbocycles. The summed E-state index contributed by atoms with van der Waals surface area (Å²) < 4.78 is 32.4. The molecule has 0 aliphatic rings. The third kappa shape index (κ3) is 6.39. The second-order valence-corrected chi connectivity index (χ2v) is 9.53. The van der Waals surface area contributed by atoms with Gasteiger partial charge in [-0.25, -0.2) is 13.1 Å². The van der Waals surface area contributed by atoms with Crippen molar-refractivity contribution in [2.45, 2.75) is 42.2 Å². The Kier molecular flexibility index (Phi) is 7.83. The van der Waals surface area contributed by atoms with E-state index in [1.54, 1.807) is 31.2 Å². The number of carbonyl (C=O) groups excluding carboxylic acids is 1. The lowest BCUT2D eigenvalue weighted by atomic mass is 10.2. The predicted octanol–water partition coefficient (Wildman–Crippen LogP) is 4.00. The van der Waals surface area contributed by atoms with Crippen molar-refractivity contribution >= 4 is 33.4 Å². The van der Waals surface area contributed by atoms with Crippen LogP contribution in [0.2, 0.25) is 0 Å². The average Bonchev–Trinajstić information content (AvgIpc) is 3.18. The molecule has 2 N–H and O–H groups in total. The van der Waals surface area contributed by atoms with Gasteiger partial charge in [-0.05, 0) is 36.8 Å². The van der Waals surface area contributed by atoms with Crippen molar-refractivity contribution in [3.8, 4) is 0 Å². The molecule has 0 aliphatic heterocycles. The standard InChI is InChI=1S/C21H24N4O4S2/c1-3-4-12-22-31(27,28)17-9-7-8-16(13-17)24-21(26)18-10-5-6-11-19(18)30-14-20-23-15(2)29-25-20/h5-11,13,22H,3-4,12,14H2,1-2H3,(H,24,26). The molecule has 0 saturated heterocycles. The molecule has 0 bridgehead atoms. The van der Waals surface area contributed by atoms with Crippen molar-refractivity contribution in [2.24, 2.45) is 0 Å². The highest BCUT2D eigenvalue weighted by atomic mass is 32.2. The van der Waals surface area contributed by atoms with Gasteiger partial charge in [0.25, 0.3) is 5.91 Å². The van der Waals surface area contributed by atoms with Crippen molar-refractivity contribution in [1.29, 1.82) is 0 Å². The van der Waals surface area contributed by atoms with E-state index < -0.39 is 10.0 Å². The van der Waals surface area contributed by atoms with Crippen LogP contribution >= 0.6 is 11.8 Å². The third-order valence-electron chi connectivity index (χ3n) is 4.28. The van der Waals surface area contributed by atoms with Gasteiger partial charge in [-0.15, -0.1) is 11.8 Å². The summed E-state index contributed by atoms with van der Waals surface area (Å²) in [5.41, 5.74) is 0.874. The molecule has 3 rings (SSSR count). The first kappa shape index (κ1) is 23.0. The number of nitrogens with one attached hydrogen (secondary N) is 2. The van der Waals surface area contributed by atoms with E-state index in [9.17, 15) is 13.2 Å². The Morgan fingerprint density at radius 1 is 1.16 bits per heavy atom. The maximum Gasteiger partial charge on any atom is 0.256 e. The molecular weight excluding hydrogens is 436 g/mol. The van der Waals surface area contributed by atoms with Crippen molar-refractivity contribution in [3.05, 3.63) is 65.8 Å². The van der Waals surface area contributed by atoms with E-state index >= 15 is 0 Å². The zero-order valence-electron chi connectivity index (χ0n) is 17.3. The lowest BCUT2D eigenvalue weighted by molar-refractivity contribution is 0.102. The fraction of sp³-hybridized carbons (Fsp3) is 0.286. The summed E-state index contributed by atoms with van der Waals surface area (Å²) >= 11 is 1.42. The van der Waals surface area contributed by atoms with Gasteiger partial charge in [-0.3, -0.25) is 4.79 Å². The summed E-state index contributed by atoms with van der Waals surface area (Å²) in [6.45, 7) is 4.08. The lowest BCUT2D eigenvalue weighted by Gasteiger charge is -2.11. The number of aromatic nitrogens is 2.